The molecule has 0 heterocycles. The number of rotatable bonds is 1. The maximum Gasteiger partial charge on any atom is 0.164 e. The summed E-state index contributed by atoms with van der Waals surface area (Å²) in [4.78, 5) is 12.3. The fraction of sp³-hybridized carbons (Fsp3) is 0.400. The molecule has 0 aliphatic heterocycles. The van der Waals surface area contributed by atoms with Crippen molar-refractivity contribution in [1.82, 2.24) is 0 Å². The van der Waals surface area contributed by atoms with E-state index in [1.807, 2.05) is 32.9 Å². The molecule has 84 valence electrons. The van der Waals surface area contributed by atoms with Gasteiger partial charge < -0.3 is 0 Å². The zero-order valence-electron chi connectivity index (χ0n) is 10.4. The van der Waals surface area contributed by atoms with Crippen molar-refractivity contribution >= 4 is 11.4 Å². The van der Waals surface area contributed by atoms with E-state index < -0.39 is 0 Å². The average molecular weight is 214 g/mol. The normalized spacial score (nSPS) is 15.2. The monoisotopic (exact) mass is 214 g/mol. The molecule has 0 amide bonds. The van der Waals surface area contributed by atoms with Crippen molar-refractivity contribution in [2.24, 2.45) is 5.41 Å². The molecule has 0 fully saturated rings. The van der Waals surface area contributed by atoms with Crippen LogP contribution in [0.5, 0.6) is 0 Å². The number of allylic oxidation sites excluding steroid dienone is 2. The zero-order chi connectivity index (χ0) is 11.9. The molecule has 0 unspecified atom stereocenters. The van der Waals surface area contributed by atoms with Crippen LogP contribution in [-0.4, -0.2) is 5.78 Å². The Labute approximate surface area is 97.2 Å². The Morgan fingerprint density at radius 3 is 2.38 bits per heavy atom. The molecule has 0 saturated heterocycles. The van der Waals surface area contributed by atoms with Crippen LogP contribution in [0.15, 0.2) is 29.8 Å². The number of carbonyl (C=O) groups excluding carboxylic acids is 1. The molecule has 1 aliphatic rings. The molecule has 1 aliphatic carbocycles. The maximum atomic E-state index is 12.3. The minimum Gasteiger partial charge on any atom is -0.294 e. The van der Waals surface area contributed by atoms with Crippen LogP contribution in [0.2, 0.25) is 0 Å². The van der Waals surface area contributed by atoms with E-state index >= 15 is 0 Å². The van der Waals surface area contributed by atoms with Crippen molar-refractivity contribution in [2.75, 3.05) is 0 Å². The van der Waals surface area contributed by atoms with Gasteiger partial charge >= 0.3 is 0 Å². The van der Waals surface area contributed by atoms with E-state index in [-0.39, 0.29) is 11.2 Å². The van der Waals surface area contributed by atoms with E-state index in [4.69, 9.17) is 0 Å². The first kappa shape index (κ1) is 11.1. The summed E-state index contributed by atoms with van der Waals surface area (Å²) in [6.45, 7) is 8.01. The molecule has 0 atom stereocenters. The second-order valence-corrected chi connectivity index (χ2v) is 5.52. The van der Waals surface area contributed by atoms with Crippen LogP contribution in [-0.2, 0) is 11.2 Å². The first-order valence-electron chi connectivity index (χ1n) is 5.74. The number of hydrogen-bond acceptors (Lipinski definition) is 1. The molecular formula is C15H18O. The SMILES string of the molecule is CC1=C(C(=O)C(C)(C)C)Cc2ccccc21. The van der Waals surface area contributed by atoms with Gasteiger partial charge in [0.1, 0.15) is 0 Å². The molecule has 1 aromatic rings. The summed E-state index contributed by atoms with van der Waals surface area (Å²) >= 11 is 0. The maximum absolute atomic E-state index is 12.3. The molecule has 1 aromatic carbocycles. The van der Waals surface area contributed by atoms with E-state index in [1.165, 1.54) is 11.1 Å². The topological polar surface area (TPSA) is 17.1 Å². The average Bonchev–Trinajstić information content (AvgIpc) is 2.54. The van der Waals surface area contributed by atoms with Gasteiger partial charge in [-0.25, -0.2) is 0 Å². The third kappa shape index (κ3) is 1.71. The Morgan fingerprint density at radius 1 is 1.19 bits per heavy atom. The first-order valence-corrected chi connectivity index (χ1v) is 5.74. The smallest absolute Gasteiger partial charge is 0.164 e. The molecule has 0 bridgehead atoms. The number of benzene rings is 1. The fourth-order valence-corrected chi connectivity index (χ4v) is 2.23. The standard InChI is InChI=1S/C15H18O/c1-10-12-8-6-5-7-11(12)9-13(10)14(16)15(2,3)4/h5-8H,9H2,1-4H3. The summed E-state index contributed by atoms with van der Waals surface area (Å²) in [7, 11) is 0. The molecule has 0 N–H and O–H groups in total. The molecule has 1 heteroatoms. The van der Waals surface area contributed by atoms with Crippen molar-refractivity contribution in [3.8, 4) is 0 Å². The van der Waals surface area contributed by atoms with E-state index in [1.54, 1.807) is 0 Å². The number of carbonyl (C=O) groups is 1. The van der Waals surface area contributed by atoms with Crippen LogP contribution in [0, 0.1) is 5.41 Å². The van der Waals surface area contributed by atoms with Crippen molar-refractivity contribution in [3.05, 3.63) is 41.0 Å². The van der Waals surface area contributed by atoms with Gasteiger partial charge in [0.2, 0.25) is 0 Å². The Balaban J connectivity index is 2.43. The highest BCUT2D eigenvalue weighted by molar-refractivity contribution is 6.07. The molecule has 16 heavy (non-hydrogen) atoms. The molecule has 0 radical (unpaired) electrons. The number of Topliss-reactive ketones (excluding diaryl/α,β-unsaturated/α-hetero) is 1. The largest absolute Gasteiger partial charge is 0.294 e. The van der Waals surface area contributed by atoms with Gasteiger partial charge in [-0.15, -0.1) is 0 Å². The Bertz CT molecular complexity index is 472. The minimum atomic E-state index is -0.279. The van der Waals surface area contributed by atoms with Gasteiger partial charge in [0.05, 0.1) is 0 Å². The number of hydrogen-bond donors (Lipinski definition) is 0. The molecular weight excluding hydrogens is 196 g/mol. The van der Waals surface area contributed by atoms with Gasteiger partial charge in [-0.2, -0.15) is 0 Å². The van der Waals surface area contributed by atoms with E-state index in [2.05, 4.69) is 19.1 Å². The van der Waals surface area contributed by atoms with Gasteiger partial charge in [0.15, 0.2) is 5.78 Å². The lowest BCUT2D eigenvalue weighted by molar-refractivity contribution is -0.122. The number of fused-ring (bicyclic) bond motifs is 1. The van der Waals surface area contributed by atoms with E-state index in [0.29, 0.717) is 0 Å². The van der Waals surface area contributed by atoms with E-state index in [9.17, 15) is 4.79 Å². The minimum absolute atomic E-state index is 0.279. The molecule has 0 saturated carbocycles. The fourth-order valence-electron chi connectivity index (χ4n) is 2.23. The third-order valence-electron chi connectivity index (χ3n) is 3.20. The van der Waals surface area contributed by atoms with Gasteiger partial charge in [0, 0.05) is 17.4 Å². The summed E-state index contributed by atoms with van der Waals surface area (Å²) in [5.74, 6) is 0.279. The zero-order valence-corrected chi connectivity index (χ0v) is 10.4. The van der Waals surface area contributed by atoms with Crippen LogP contribution in [0.1, 0.15) is 38.8 Å². The highest BCUT2D eigenvalue weighted by Gasteiger charge is 2.30. The summed E-state index contributed by atoms with van der Waals surface area (Å²) in [6.07, 6.45) is 0.804. The lowest BCUT2D eigenvalue weighted by Crippen LogP contribution is -2.22. The summed E-state index contributed by atoms with van der Waals surface area (Å²) in [6, 6.07) is 8.29. The van der Waals surface area contributed by atoms with E-state index in [0.717, 1.165) is 17.6 Å². The highest BCUT2D eigenvalue weighted by atomic mass is 16.1. The molecule has 2 rings (SSSR count). The highest BCUT2D eigenvalue weighted by Crippen LogP contribution is 2.36. The van der Waals surface area contributed by atoms with Gasteiger partial charge in [0.25, 0.3) is 0 Å². The van der Waals surface area contributed by atoms with Crippen LogP contribution in [0.4, 0.5) is 0 Å². The van der Waals surface area contributed by atoms with Crippen LogP contribution >= 0.6 is 0 Å². The quantitative estimate of drug-likeness (QED) is 0.697. The van der Waals surface area contributed by atoms with Crippen LogP contribution in [0.25, 0.3) is 5.57 Å². The lowest BCUT2D eigenvalue weighted by Gasteiger charge is -2.18. The van der Waals surface area contributed by atoms with Crippen molar-refractivity contribution in [1.29, 1.82) is 0 Å². The third-order valence-corrected chi connectivity index (χ3v) is 3.20. The molecule has 0 spiro atoms. The van der Waals surface area contributed by atoms with Crippen LogP contribution in [0.3, 0.4) is 0 Å². The van der Waals surface area contributed by atoms with Gasteiger partial charge in [-0.05, 0) is 23.6 Å². The predicted octanol–water partition coefficient (Wildman–Crippen LogP) is 3.63. The van der Waals surface area contributed by atoms with Crippen LogP contribution < -0.4 is 0 Å². The molecule has 1 nitrogen and oxygen atoms in total. The predicted molar refractivity (Wildman–Crippen MR) is 67.2 cm³/mol. The Hall–Kier alpha value is -1.37. The Morgan fingerprint density at radius 2 is 1.81 bits per heavy atom. The summed E-state index contributed by atoms with van der Waals surface area (Å²) in [5.41, 5.74) is 4.41. The van der Waals surface area contributed by atoms with Crippen molar-refractivity contribution < 1.29 is 4.79 Å². The first-order chi connectivity index (χ1) is 7.41. The molecule has 0 aromatic heterocycles. The van der Waals surface area contributed by atoms with Crippen molar-refractivity contribution in [3.63, 3.8) is 0 Å². The van der Waals surface area contributed by atoms with Gasteiger partial charge in [-0.1, -0.05) is 45.0 Å². The summed E-state index contributed by atoms with van der Waals surface area (Å²) in [5, 5.41) is 0. The summed E-state index contributed by atoms with van der Waals surface area (Å²) < 4.78 is 0. The number of ketones is 1. The Kier molecular flexibility index (Phi) is 2.49. The van der Waals surface area contributed by atoms with Crippen molar-refractivity contribution in [2.45, 2.75) is 34.1 Å². The van der Waals surface area contributed by atoms with Gasteiger partial charge in [-0.3, -0.25) is 4.79 Å². The second-order valence-electron chi connectivity index (χ2n) is 5.52. The second kappa shape index (κ2) is 3.58. The lowest BCUT2D eigenvalue weighted by atomic mass is 9.84.